The van der Waals surface area contributed by atoms with E-state index in [4.69, 9.17) is 0 Å². The Morgan fingerprint density at radius 1 is 1.12 bits per heavy atom. The maximum absolute atomic E-state index is 12.2. The molecule has 3 rings (SSSR count). The van der Waals surface area contributed by atoms with E-state index in [1.807, 2.05) is 49.6 Å². The van der Waals surface area contributed by atoms with Gasteiger partial charge in [-0.3, -0.25) is 9.78 Å². The number of hydrogen-bond acceptors (Lipinski definition) is 4. The van der Waals surface area contributed by atoms with Gasteiger partial charge in [0, 0.05) is 35.4 Å². The van der Waals surface area contributed by atoms with Crippen LogP contribution >= 0.6 is 11.3 Å². The molecule has 0 saturated carbocycles. The molecule has 0 atom stereocenters. The molecular weight excluding hydrogens is 318 g/mol. The van der Waals surface area contributed by atoms with Gasteiger partial charge >= 0.3 is 0 Å². The van der Waals surface area contributed by atoms with E-state index in [1.165, 1.54) is 0 Å². The molecule has 0 radical (unpaired) electrons. The number of pyridine rings is 1. The molecule has 0 bridgehead atoms. The van der Waals surface area contributed by atoms with E-state index in [0.29, 0.717) is 12.8 Å². The van der Waals surface area contributed by atoms with Crippen LogP contribution in [0.15, 0.2) is 48.1 Å². The fourth-order valence-electron chi connectivity index (χ4n) is 2.50. The Labute approximate surface area is 145 Å². The number of hydrogen-bond donors (Lipinski definition) is 1. The number of aromatic nitrogens is 2. The van der Waals surface area contributed by atoms with Gasteiger partial charge in [0.05, 0.1) is 5.69 Å². The first-order valence-electron chi connectivity index (χ1n) is 7.84. The fourth-order valence-corrected chi connectivity index (χ4v) is 3.36. The summed E-state index contributed by atoms with van der Waals surface area (Å²) in [5, 5.41) is 5.99. The molecule has 0 saturated heterocycles. The fraction of sp³-hybridized carbons (Fsp3) is 0.211. The predicted octanol–water partition coefficient (Wildman–Crippen LogP) is 4.39. The van der Waals surface area contributed by atoms with Crippen LogP contribution < -0.4 is 5.32 Å². The number of amides is 1. The largest absolute Gasteiger partial charge is 0.326 e. The molecule has 1 N–H and O–H groups in total. The third-order valence-electron chi connectivity index (χ3n) is 3.83. The summed E-state index contributed by atoms with van der Waals surface area (Å²) in [6.07, 6.45) is 4.58. The Hall–Kier alpha value is -2.53. The highest BCUT2D eigenvalue weighted by Gasteiger charge is 2.10. The van der Waals surface area contributed by atoms with Crippen molar-refractivity contribution in [3.05, 3.63) is 64.9 Å². The van der Waals surface area contributed by atoms with Crippen molar-refractivity contribution in [3.63, 3.8) is 0 Å². The summed E-state index contributed by atoms with van der Waals surface area (Å²) in [5.41, 5.74) is 5.08. The van der Waals surface area contributed by atoms with E-state index in [-0.39, 0.29) is 5.91 Å². The van der Waals surface area contributed by atoms with E-state index < -0.39 is 0 Å². The van der Waals surface area contributed by atoms with Crippen LogP contribution in [0.1, 0.15) is 23.2 Å². The average molecular weight is 337 g/mol. The molecule has 1 aromatic carbocycles. The second kappa shape index (κ2) is 7.36. The number of anilines is 1. The molecule has 0 aliphatic carbocycles. The summed E-state index contributed by atoms with van der Waals surface area (Å²) >= 11 is 1.59. The molecule has 2 heterocycles. The average Bonchev–Trinajstić information content (AvgIpc) is 3.06. The Morgan fingerprint density at radius 3 is 2.54 bits per heavy atom. The van der Waals surface area contributed by atoms with Crippen LogP contribution in [0, 0.1) is 13.8 Å². The van der Waals surface area contributed by atoms with Gasteiger partial charge in [-0.2, -0.15) is 0 Å². The molecule has 3 aromatic rings. The van der Waals surface area contributed by atoms with Gasteiger partial charge in [0.25, 0.3) is 0 Å². The van der Waals surface area contributed by atoms with Crippen LogP contribution in [-0.4, -0.2) is 15.9 Å². The molecule has 1 amide bonds. The van der Waals surface area contributed by atoms with Crippen LogP contribution in [0.4, 0.5) is 5.69 Å². The Balaban J connectivity index is 1.60. The molecule has 0 aliphatic heterocycles. The first kappa shape index (κ1) is 16.3. The number of thiazole rings is 1. The van der Waals surface area contributed by atoms with Crippen molar-refractivity contribution in [1.82, 2.24) is 9.97 Å². The first-order valence-corrected chi connectivity index (χ1v) is 8.72. The molecule has 2 aromatic heterocycles. The van der Waals surface area contributed by atoms with E-state index in [0.717, 1.165) is 33.1 Å². The summed E-state index contributed by atoms with van der Waals surface area (Å²) in [7, 11) is 0. The second-order valence-corrected chi connectivity index (χ2v) is 6.55. The minimum absolute atomic E-state index is 0.0193. The zero-order chi connectivity index (χ0) is 16.9. The quantitative estimate of drug-likeness (QED) is 0.751. The number of nitrogens with zero attached hydrogens (tertiary/aromatic N) is 2. The lowest BCUT2D eigenvalue weighted by atomic mass is 10.1. The van der Waals surface area contributed by atoms with E-state index in [2.05, 4.69) is 15.3 Å². The molecule has 0 aliphatic rings. The molecular formula is C19H19N3OS. The van der Waals surface area contributed by atoms with Gasteiger partial charge in [-0.1, -0.05) is 18.2 Å². The first-order chi connectivity index (χ1) is 11.6. The van der Waals surface area contributed by atoms with Gasteiger partial charge in [0.15, 0.2) is 0 Å². The van der Waals surface area contributed by atoms with Gasteiger partial charge in [-0.15, -0.1) is 11.3 Å². The van der Waals surface area contributed by atoms with Crippen molar-refractivity contribution in [1.29, 1.82) is 0 Å². The number of benzene rings is 1. The van der Waals surface area contributed by atoms with Crippen molar-refractivity contribution in [3.8, 4) is 10.6 Å². The second-order valence-electron chi connectivity index (χ2n) is 5.69. The van der Waals surface area contributed by atoms with Gasteiger partial charge in [0.2, 0.25) is 5.91 Å². The number of para-hydroxylation sites is 1. The topological polar surface area (TPSA) is 54.9 Å². The third-order valence-corrected chi connectivity index (χ3v) is 4.77. The third kappa shape index (κ3) is 3.86. The predicted molar refractivity (Wildman–Crippen MR) is 98.2 cm³/mol. The van der Waals surface area contributed by atoms with Gasteiger partial charge < -0.3 is 5.32 Å². The lowest BCUT2D eigenvalue weighted by Crippen LogP contribution is -2.14. The maximum atomic E-state index is 12.2. The molecule has 122 valence electrons. The zero-order valence-corrected chi connectivity index (χ0v) is 14.6. The van der Waals surface area contributed by atoms with Crippen molar-refractivity contribution in [2.75, 3.05) is 5.32 Å². The highest BCUT2D eigenvalue weighted by Crippen LogP contribution is 2.24. The van der Waals surface area contributed by atoms with Crippen LogP contribution in [-0.2, 0) is 11.2 Å². The zero-order valence-electron chi connectivity index (χ0n) is 13.7. The smallest absolute Gasteiger partial charge is 0.224 e. The van der Waals surface area contributed by atoms with E-state index >= 15 is 0 Å². The van der Waals surface area contributed by atoms with E-state index in [1.54, 1.807) is 23.7 Å². The summed E-state index contributed by atoms with van der Waals surface area (Å²) in [6, 6.07) is 9.89. The molecule has 4 nitrogen and oxygen atoms in total. The minimum Gasteiger partial charge on any atom is -0.326 e. The highest BCUT2D eigenvalue weighted by atomic mass is 32.1. The number of nitrogens with one attached hydrogen (secondary N) is 1. The summed E-state index contributed by atoms with van der Waals surface area (Å²) in [5.74, 6) is 0.0193. The summed E-state index contributed by atoms with van der Waals surface area (Å²) in [4.78, 5) is 20.8. The number of carbonyl (C=O) groups excluding carboxylic acids is 1. The van der Waals surface area contributed by atoms with Crippen LogP contribution in [0.5, 0.6) is 0 Å². The number of rotatable bonds is 5. The van der Waals surface area contributed by atoms with Crippen LogP contribution in [0.2, 0.25) is 0 Å². The van der Waals surface area contributed by atoms with E-state index in [9.17, 15) is 4.79 Å². The van der Waals surface area contributed by atoms with Crippen molar-refractivity contribution >= 4 is 22.9 Å². The molecule has 0 fully saturated rings. The molecule has 0 spiro atoms. The summed E-state index contributed by atoms with van der Waals surface area (Å²) in [6.45, 7) is 4.01. The van der Waals surface area contributed by atoms with Gasteiger partial charge in [0.1, 0.15) is 5.01 Å². The molecule has 5 heteroatoms. The minimum atomic E-state index is 0.0193. The summed E-state index contributed by atoms with van der Waals surface area (Å²) < 4.78 is 0. The number of carbonyl (C=O) groups is 1. The Morgan fingerprint density at radius 2 is 1.83 bits per heavy atom. The Kier molecular flexibility index (Phi) is 5.01. The monoisotopic (exact) mass is 337 g/mol. The number of aryl methyl sites for hydroxylation is 3. The normalized spacial score (nSPS) is 10.6. The van der Waals surface area contributed by atoms with Crippen LogP contribution in [0.25, 0.3) is 10.6 Å². The SMILES string of the molecule is Cc1cccc(C)c1NC(=O)CCc1csc(-c2ccncc2)n1. The maximum Gasteiger partial charge on any atom is 0.224 e. The lowest BCUT2D eigenvalue weighted by molar-refractivity contribution is -0.116. The highest BCUT2D eigenvalue weighted by molar-refractivity contribution is 7.13. The lowest BCUT2D eigenvalue weighted by Gasteiger charge is -2.11. The van der Waals surface area contributed by atoms with Gasteiger partial charge in [-0.05, 0) is 43.5 Å². The van der Waals surface area contributed by atoms with Crippen molar-refractivity contribution < 1.29 is 4.79 Å². The van der Waals surface area contributed by atoms with Crippen molar-refractivity contribution in [2.45, 2.75) is 26.7 Å². The molecule has 0 unspecified atom stereocenters. The van der Waals surface area contributed by atoms with Crippen molar-refractivity contribution in [2.24, 2.45) is 0 Å². The molecule has 24 heavy (non-hydrogen) atoms. The Bertz CT molecular complexity index is 823. The standard InChI is InChI=1S/C19H19N3OS/c1-13-4-3-5-14(2)18(13)22-17(23)7-6-16-12-24-19(21-16)15-8-10-20-11-9-15/h3-5,8-12H,6-7H2,1-2H3,(H,22,23). The van der Waals surface area contributed by atoms with Gasteiger partial charge in [-0.25, -0.2) is 4.98 Å². The van der Waals surface area contributed by atoms with Crippen LogP contribution in [0.3, 0.4) is 0 Å².